The zero-order valence-electron chi connectivity index (χ0n) is 16.8. The molecule has 8 nitrogen and oxygen atoms in total. The Labute approximate surface area is 172 Å². The van der Waals surface area contributed by atoms with E-state index < -0.39 is 26.0 Å². The normalized spacial score (nSPS) is 12.0. The first-order chi connectivity index (χ1) is 13.5. The molecule has 0 saturated heterocycles. The van der Waals surface area contributed by atoms with E-state index in [1.807, 2.05) is 0 Å². The number of sulfonamides is 2. The van der Waals surface area contributed by atoms with Crippen LogP contribution in [0.15, 0.2) is 47.4 Å². The standard InChI is InChI=1S/C19H25N3O5S2/c1-5-13-28(24,25)21-18-8-6-7-17(14(18)2)20-19(23)15-9-11-16(12-10-15)29(26,27)22(3)4/h6-12,21H,5,13H2,1-4H3,(H,20,23). The average molecular weight is 440 g/mol. The van der Waals surface area contributed by atoms with Crippen LogP contribution in [0.25, 0.3) is 0 Å². The molecular weight excluding hydrogens is 414 g/mol. The maximum Gasteiger partial charge on any atom is 0.255 e. The van der Waals surface area contributed by atoms with Gasteiger partial charge < -0.3 is 5.32 Å². The van der Waals surface area contributed by atoms with Gasteiger partial charge in [0.1, 0.15) is 0 Å². The number of carbonyl (C=O) groups is 1. The molecule has 0 fully saturated rings. The van der Waals surface area contributed by atoms with Crippen LogP contribution in [0.2, 0.25) is 0 Å². The molecule has 10 heteroatoms. The van der Waals surface area contributed by atoms with Crippen LogP contribution in [-0.2, 0) is 20.0 Å². The zero-order valence-corrected chi connectivity index (χ0v) is 18.4. The van der Waals surface area contributed by atoms with E-state index in [2.05, 4.69) is 10.0 Å². The predicted octanol–water partition coefficient (Wildman–Crippen LogP) is 2.65. The van der Waals surface area contributed by atoms with Crippen LogP contribution in [0, 0.1) is 6.92 Å². The Balaban J connectivity index is 2.22. The lowest BCUT2D eigenvalue weighted by Crippen LogP contribution is -2.22. The van der Waals surface area contributed by atoms with E-state index >= 15 is 0 Å². The van der Waals surface area contributed by atoms with Crippen molar-refractivity contribution in [1.82, 2.24) is 4.31 Å². The van der Waals surface area contributed by atoms with E-state index in [1.165, 1.54) is 38.4 Å². The van der Waals surface area contributed by atoms with Crippen molar-refractivity contribution < 1.29 is 21.6 Å². The van der Waals surface area contributed by atoms with Crippen LogP contribution in [0.5, 0.6) is 0 Å². The molecule has 1 amide bonds. The second-order valence-electron chi connectivity index (χ2n) is 6.66. The highest BCUT2D eigenvalue weighted by Gasteiger charge is 2.18. The van der Waals surface area contributed by atoms with Gasteiger partial charge in [0.25, 0.3) is 5.91 Å². The molecule has 0 aliphatic rings. The molecule has 0 spiro atoms. The summed E-state index contributed by atoms with van der Waals surface area (Å²) in [4.78, 5) is 12.6. The number of nitrogens with one attached hydrogen (secondary N) is 2. The van der Waals surface area contributed by atoms with Gasteiger partial charge in [-0.05, 0) is 55.3 Å². The summed E-state index contributed by atoms with van der Waals surface area (Å²) in [5.74, 6) is -0.430. The third kappa shape index (κ3) is 5.55. The van der Waals surface area contributed by atoms with Gasteiger partial charge in [-0.15, -0.1) is 0 Å². The number of amides is 1. The monoisotopic (exact) mass is 439 g/mol. The van der Waals surface area contributed by atoms with E-state index in [4.69, 9.17) is 0 Å². The number of rotatable bonds is 8. The summed E-state index contributed by atoms with van der Waals surface area (Å²) in [5.41, 5.74) is 1.70. The van der Waals surface area contributed by atoms with Crippen LogP contribution >= 0.6 is 0 Å². The van der Waals surface area contributed by atoms with Gasteiger partial charge in [0, 0.05) is 25.3 Å². The third-order valence-electron chi connectivity index (χ3n) is 4.22. The quantitative estimate of drug-likeness (QED) is 0.657. The lowest BCUT2D eigenvalue weighted by Gasteiger charge is -2.15. The summed E-state index contributed by atoms with van der Waals surface area (Å²) in [6, 6.07) is 10.5. The van der Waals surface area contributed by atoms with Crippen LogP contribution < -0.4 is 10.0 Å². The fraction of sp³-hybridized carbons (Fsp3) is 0.316. The molecule has 0 radical (unpaired) electrons. The van der Waals surface area contributed by atoms with Gasteiger partial charge in [-0.1, -0.05) is 13.0 Å². The molecular formula is C19H25N3O5S2. The minimum atomic E-state index is -3.58. The molecule has 2 aromatic rings. The summed E-state index contributed by atoms with van der Waals surface area (Å²) in [6.45, 7) is 3.48. The van der Waals surface area contributed by atoms with Crippen LogP contribution in [0.4, 0.5) is 11.4 Å². The Kier molecular flexibility index (Phi) is 7.04. The van der Waals surface area contributed by atoms with Crippen molar-refractivity contribution in [3.05, 3.63) is 53.6 Å². The average Bonchev–Trinajstić information content (AvgIpc) is 2.64. The van der Waals surface area contributed by atoms with E-state index in [0.29, 0.717) is 23.4 Å². The van der Waals surface area contributed by atoms with Gasteiger partial charge in [0.15, 0.2) is 0 Å². The van der Waals surface area contributed by atoms with Crippen molar-refractivity contribution in [2.24, 2.45) is 0 Å². The fourth-order valence-corrected chi connectivity index (χ4v) is 4.65. The Morgan fingerprint density at radius 2 is 1.55 bits per heavy atom. The van der Waals surface area contributed by atoms with Gasteiger partial charge >= 0.3 is 0 Å². The highest BCUT2D eigenvalue weighted by Crippen LogP contribution is 2.25. The predicted molar refractivity (Wildman–Crippen MR) is 114 cm³/mol. The molecule has 0 unspecified atom stereocenters. The Hall–Kier alpha value is -2.43. The summed E-state index contributed by atoms with van der Waals surface area (Å²) >= 11 is 0. The zero-order chi connectivity index (χ0) is 21.8. The lowest BCUT2D eigenvalue weighted by molar-refractivity contribution is 0.102. The van der Waals surface area contributed by atoms with Gasteiger partial charge in [-0.25, -0.2) is 21.1 Å². The summed E-state index contributed by atoms with van der Waals surface area (Å²) in [5, 5.41) is 2.73. The second-order valence-corrected chi connectivity index (χ2v) is 10.7. The molecule has 2 N–H and O–H groups in total. The van der Waals surface area contributed by atoms with E-state index in [9.17, 15) is 21.6 Å². The largest absolute Gasteiger partial charge is 0.322 e. The molecule has 2 aromatic carbocycles. The Morgan fingerprint density at radius 3 is 2.10 bits per heavy atom. The van der Waals surface area contributed by atoms with Crippen LogP contribution in [0.1, 0.15) is 29.3 Å². The van der Waals surface area contributed by atoms with Gasteiger partial charge in [0.2, 0.25) is 20.0 Å². The molecule has 0 saturated carbocycles. The van der Waals surface area contributed by atoms with Crippen LogP contribution in [-0.4, -0.2) is 46.9 Å². The molecule has 0 heterocycles. The molecule has 2 rings (SSSR count). The number of nitrogens with zero attached hydrogens (tertiary/aromatic N) is 1. The number of carbonyl (C=O) groups excluding carboxylic acids is 1. The number of hydrogen-bond acceptors (Lipinski definition) is 5. The highest BCUT2D eigenvalue weighted by molar-refractivity contribution is 7.92. The van der Waals surface area contributed by atoms with Gasteiger partial charge in [-0.2, -0.15) is 0 Å². The first-order valence-corrected chi connectivity index (χ1v) is 12.0. The van der Waals surface area contributed by atoms with Gasteiger partial charge in [0.05, 0.1) is 16.3 Å². The number of benzene rings is 2. The van der Waals surface area contributed by atoms with Crippen molar-refractivity contribution in [1.29, 1.82) is 0 Å². The second kappa shape index (κ2) is 8.93. The minimum Gasteiger partial charge on any atom is -0.322 e. The molecule has 0 atom stereocenters. The van der Waals surface area contributed by atoms with Crippen molar-refractivity contribution in [2.75, 3.05) is 29.9 Å². The van der Waals surface area contributed by atoms with E-state index in [-0.39, 0.29) is 16.2 Å². The summed E-state index contributed by atoms with van der Waals surface area (Å²) < 4.78 is 51.9. The van der Waals surface area contributed by atoms with Gasteiger partial charge in [-0.3, -0.25) is 9.52 Å². The maximum absolute atomic E-state index is 12.6. The van der Waals surface area contributed by atoms with Crippen molar-refractivity contribution in [3.63, 3.8) is 0 Å². The molecule has 0 bridgehead atoms. The number of hydrogen-bond donors (Lipinski definition) is 2. The fourth-order valence-electron chi connectivity index (χ4n) is 2.55. The molecule has 0 aromatic heterocycles. The smallest absolute Gasteiger partial charge is 0.255 e. The highest BCUT2D eigenvalue weighted by atomic mass is 32.2. The van der Waals surface area contributed by atoms with Crippen molar-refractivity contribution >= 4 is 37.3 Å². The van der Waals surface area contributed by atoms with Crippen LogP contribution in [0.3, 0.4) is 0 Å². The first-order valence-electron chi connectivity index (χ1n) is 8.92. The molecule has 158 valence electrons. The molecule has 0 aliphatic carbocycles. The topological polar surface area (TPSA) is 113 Å². The molecule has 29 heavy (non-hydrogen) atoms. The Bertz CT molecular complexity index is 1090. The SMILES string of the molecule is CCCS(=O)(=O)Nc1cccc(NC(=O)c2ccc(S(=O)(=O)N(C)C)cc2)c1C. The van der Waals surface area contributed by atoms with E-state index in [0.717, 1.165) is 4.31 Å². The summed E-state index contributed by atoms with van der Waals surface area (Å²) in [6.07, 6.45) is 0.490. The Morgan fingerprint density at radius 1 is 0.966 bits per heavy atom. The molecule has 0 aliphatic heterocycles. The number of anilines is 2. The van der Waals surface area contributed by atoms with Crippen molar-refractivity contribution in [2.45, 2.75) is 25.2 Å². The third-order valence-corrected chi connectivity index (χ3v) is 7.52. The van der Waals surface area contributed by atoms with E-state index in [1.54, 1.807) is 32.0 Å². The summed E-state index contributed by atoms with van der Waals surface area (Å²) in [7, 11) is -4.17. The lowest BCUT2D eigenvalue weighted by atomic mass is 10.1. The van der Waals surface area contributed by atoms with Crippen molar-refractivity contribution in [3.8, 4) is 0 Å². The maximum atomic E-state index is 12.6. The first kappa shape index (κ1) is 22.9. The minimum absolute atomic E-state index is 0.00519.